The number of aryl methyl sites for hydroxylation is 1. The Kier molecular flexibility index (Phi) is 7.06. The molecule has 1 saturated heterocycles. The monoisotopic (exact) mass is 372 g/mol. The predicted octanol–water partition coefficient (Wildman–Crippen LogP) is 1.19. The van der Waals surface area contributed by atoms with Crippen molar-refractivity contribution in [3.05, 3.63) is 41.1 Å². The molecule has 1 aliphatic heterocycles. The van der Waals surface area contributed by atoms with Crippen LogP contribution in [0.2, 0.25) is 0 Å². The molecule has 1 fully saturated rings. The number of aromatic nitrogens is 2. The van der Waals surface area contributed by atoms with Gasteiger partial charge in [-0.1, -0.05) is 20.8 Å². The Hall–Kier alpha value is -2.74. The summed E-state index contributed by atoms with van der Waals surface area (Å²) in [4.78, 5) is 6.52. The first-order chi connectivity index (χ1) is 12.8. The standard InChI is InChI=1S/C15H22N8.C4H10/c1-9-11-8-10(2-3-12(11)22-21-9)14(18)20-15(13(16)17)23-6-4-19-5-7-23;1-4(2)3/h2-3,8,19H,4-7,16-17H2,1H3,(H2,18,20)(H,21,22);4H,1-3H3. The minimum Gasteiger partial charge on any atom is -0.383 e. The van der Waals surface area contributed by atoms with Crippen molar-refractivity contribution in [1.29, 1.82) is 0 Å². The van der Waals surface area contributed by atoms with Crippen molar-refractivity contribution in [2.45, 2.75) is 27.7 Å². The van der Waals surface area contributed by atoms with Gasteiger partial charge in [0.25, 0.3) is 0 Å². The number of benzene rings is 1. The first kappa shape index (κ1) is 20.6. The molecule has 0 saturated carbocycles. The number of aromatic amines is 1. The molecule has 0 bridgehead atoms. The van der Waals surface area contributed by atoms with Crippen LogP contribution < -0.4 is 22.5 Å². The number of piperazine rings is 1. The summed E-state index contributed by atoms with van der Waals surface area (Å²) in [6, 6.07) is 5.77. The number of fused-ring (bicyclic) bond motifs is 1. The summed E-state index contributed by atoms with van der Waals surface area (Å²) < 4.78 is 0. The van der Waals surface area contributed by atoms with E-state index in [0.717, 1.165) is 54.3 Å². The largest absolute Gasteiger partial charge is 0.383 e. The van der Waals surface area contributed by atoms with Crippen molar-refractivity contribution in [2.24, 2.45) is 28.1 Å². The molecule has 1 aromatic heterocycles. The summed E-state index contributed by atoms with van der Waals surface area (Å²) in [6.45, 7) is 11.8. The van der Waals surface area contributed by atoms with Gasteiger partial charge >= 0.3 is 0 Å². The topological polar surface area (TPSA) is 134 Å². The Bertz CT molecular complexity index is 805. The smallest absolute Gasteiger partial charge is 0.171 e. The van der Waals surface area contributed by atoms with Gasteiger partial charge < -0.3 is 27.4 Å². The average molecular weight is 373 g/mol. The quantitative estimate of drug-likeness (QED) is 0.406. The molecule has 1 aromatic carbocycles. The van der Waals surface area contributed by atoms with Crippen LogP contribution in [0.4, 0.5) is 0 Å². The summed E-state index contributed by atoms with van der Waals surface area (Å²) >= 11 is 0. The van der Waals surface area contributed by atoms with Crippen LogP contribution in [0, 0.1) is 12.8 Å². The van der Waals surface area contributed by atoms with Crippen molar-refractivity contribution in [3.63, 3.8) is 0 Å². The first-order valence-electron chi connectivity index (χ1n) is 9.29. The predicted molar refractivity (Wildman–Crippen MR) is 112 cm³/mol. The Morgan fingerprint density at radius 1 is 1.15 bits per heavy atom. The molecule has 0 atom stereocenters. The molecule has 0 amide bonds. The fourth-order valence-corrected chi connectivity index (χ4v) is 2.67. The SMILES string of the molecule is CC(C)C.Cc1[nH]nc2ccc(/C(N)=N/C(=C(N)N)N3CCNCC3)cc12. The lowest BCUT2D eigenvalue weighted by Crippen LogP contribution is -2.44. The number of nitrogens with two attached hydrogens (primary N) is 3. The maximum absolute atomic E-state index is 6.18. The maximum Gasteiger partial charge on any atom is 0.171 e. The van der Waals surface area contributed by atoms with Gasteiger partial charge in [-0.15, -0.1) is 0 Å². The lowest BCUT2D eigenvalue weighted by atomic mass is 10.1. The molecule has 2 aromatic rings. The molecule has 8 heteroatoms. The van der Waals surface area contributed by atoms with Crippen LogP contribution in [0.3, 0.4) is 0 Å². The minimum absolute atomic E-state index is 0.176. The van der Waals surface area contributed by atoms with Gasteiger partial charge in [-0.05, 0) is 31.0 Å². The lowest BCUT2D eigenvalue weighted by Gasteiger charge is -2.29. The highest BCUT2D eigenvalue weighted by Gasteiger charge is 2.16. The molecule has 2 heterocycles. The molecule has 8 nitrogen and oxygen atoms in total. The zero-order valence-corrected chi connectivity index (χ0v) is 16.7. The van der Waals surface area contributed by atoms with Gasteiger partial charge in [0.05, 0.1) is 5.52 Å². The third kappa shape index (κ3) is 5.62. The molecule has 3 rings (SSSR count). The second-order valence-corrected chi connectivity index (χ2v) is 7.33. The van der Waals surface area contributed by atoms with Crippen LogP contribution in [-0.2, 0) is 0 Å². The molecule has 27 heavy (non-hydrogen) atoms. The molecule has 0 aliphatic carbocycles. The lowest BCUT2D eigenvalue weighted by molar-refractivity contribution is 0.293. The highest BCUT2D eigenvalue weighted by molar-refractivity contribution is 6.01. The van der Waals surface area contributed by atoms with Gasteiger partial charge in [0.15, 0.2) is 5.82 Å². The highest BCUT2D eigenvalue weighted by atomic mass is 15.3. The molecule has 0 unspecified atom stereocenters. The maximum atomic E-state index is 6.18. The Morgan fingerprint density at radius 3 is 2.37 bits per heavy atom. The number of rotatable bonds is 3. The third-order valence-electron chi connectivity index (χ3n) is 3.94. The van der Waals surface area contributed by atoms with Gasteiger partial charge in [0.1, 0.15) is 11.7 Å². The van der Waals surface area contributed by atoms with Crippen LogP contribution in [0.1, 0.15) is 32.0 Å². The van der Waals surface area contributed by atoms with Crippen LogP contribution in [0.5, 0.6) is 0 Å². The van der Waals surface area contributed by atoms with E-state index in [4.69, 9.17) is 17.2 Å². The highest BCUT2D eigenvalue weighted by Crippen LogP contribution is 2.18. The molecule has 0 radical (unpaired) electrons. The molecular weight excluding hydrogens is 340 g/mol. The van der Waals surface area contributed by atoms with Crippen molar-refractivity contribution < 1.29 is 0 Å². The van der Waals surface area contributed by atoms with E-state index in [9.17, 15) is 0 Å². The van der Waals surface area contributed by atoms with Gasteiger partial charge in [-0.25, -0.2) is 4.99 Å². The second kappa shape index (κ2) is 9.27. The molecular formula is C19H32N8. The zero-order valence-electron chi connectivity index (χ0n) is 16.7. The summed E-state index contributed by atoms with van der Waals surface area (Å²) in [7, 11) is 0. The number of aliphatic imine (C=N–C) groups is 1. The summed E-state index contributed by atoms with van der Waals surface area (Å²) in [5, 5.41) is 11.5. The third-order valence-corrected chi connectivity index (χ3v) is 3.94. The zero-order chi connectivity index (χ0) is 20.0. The molecule has 8 N–H and O–H groups in total. The number of nitrogens with one attached hydrogen (secondary N) is 2. The van der Waals surface area contributed by atoms with Crippen LogP contribution in [0.25, 0.3) is 10.9 Å². The van der Waals surface area contributed by atoms with Crippen molar-refractivity contribution in [2.75, 3.05) is 26.2 Å². The van der Waals surface area contributed by atoms with E-state index in [-0.39, 0.29) is 5.82 Å². The Labute approximate surface area is 160 Å². The van der Waals surface area contributed by atoms with E-state index >= 15 is 0 Å². The van der Waals surface area contributed by atoms with Crippen molar-refractivity contribution in [3.8, 4) is 0 Å². The van der Waals surface area contributed by atoms with E-state index < -0.39 is 0 Å². The van der Waals surface area contributed by atoms with Gasteiger partial charge in [-0.3, -0.25) is 5.10 Å². The van der Waals surface area contributed by atoms with E-state index in [1.165, 1.54) is 0 Å². The number of hydrogen-bond donors (Lipinski definition) is 5. The number of amidine groups is 1. The molecule has 0 spiro atoms. The fraction of sp³-hybridized carbons (Fsp3) is 0.474. The number of H-pyrrole nitrogens is 1. The average Bonchev–Trinajstić information content (AvgIpc) is 3.00. The minimum atomic E-state index is 0.176. The number of nitrogens with zero attached hydrogens (tertiary/aromatic N) is 3. The van der Waals surface area contributed by atoms with Gasteiger partial charge in [-0.2, -0.15) is 5.10 Å². The summed E-state index contributed by atoms with van der Waals surface area (Å²) in [6.07, 6.45) is 0. The van der Waals surface area contributed by atoms with Crippen LogP contribution in [0.15, 0.2) is 34.8 Å². The van der Waals surface area contributed by atoms with E-state index in [1.807, 2.05) is 30.0 Å². The van der Waals surface area contributed by atoms with E-state index in [0.29, 0.717) is 11.7 Å². The van der Waals surface area contributed by atoms with Gasteiger partial charge in [0.2, 0.25) is 0 Å². The second-order valence-electron chi connectivity index (χ2n) is 7.33. The van der Waals surface area contributed by atoms with Crippen LogP contribution in [-0.4, -0.2) is 47.1 Å². The summed E-state index contributed by atoms with van der Waals surface area (Å²) in [5.41, 5.74) is 20.5. The first-order valence-corrected chi connectivity index (χ1v) is 9.29. The normalized spacial score (nSPS) is 14.9. The van der Waals surface area contributed by atoms with Gasteiger partial charge in [0, 0.05) is 42.8 Å². The van der Waals surface area contributed by atoms with Crippen molar-refractivity contribution in [1.82, 2.24) is 20.4 Å². The Morgan fingerprint density at radius 2 is 1.78 bits per heavy atom. The fourth-order valence-electron chi connectivity index (χ4n) is 2.67. The summed E-state index contributed by atoms with van der Waals surface area (Å²) in [5.74, 6) is 1.93. The molecule has 1 aliphatic rings. The van der Waals surface area contributed by atoms with E-state index in [1.54, 1.807) is 0 Å². The number of hydrogen-bond acceptors (Lipinski definition) is 6. The van der Waals surface area contributed by atoms with Crippen LogP contribution >= 0.6 is 0 Å². The van der Waals surface area contributed by atoms with Crippen molar-refractivity contribution >= 4 is 16.7 Å². The molecule has 148 valence electrons. The Balaban J connectivity index is 0.000000596. The van der Waals surface area contributed by atoms with E-state index in [2.05, 4.69) is 41.3 Å².